The quantitative estimate of drug-likeness (QED) is 0.713. The monoisotopic (exact) mass is 292 g/mol. The van der Waals surface area contributed by atoms with Crippen molar-refractivity contribution in [1.29, 1.82) is 0 Å². The van der Waals surface area contributed by atoms with E-state index >= 15 is 0 Å². The molecule has 2 rings (SSSR count). The summed E-state index contributed by atoms with van der Waals surface area (Å²) < 4.78 is 13.2. The highest BCUT2D eigenvalue weighted by Crippen LogP contribution is 2.28. The lowest BCUT2D eigenvalue weighted by atomic mass is 9.95. The fourth-order valence-corrected chi connectivity index (χ4v) is 2.29. The minimum Gasteiger partial charge on any atom is -0.394 e. The van der Waals surface area contributed by atoms with Crippen molar-refractivity contribution < 1.29 is 9.50 Å². The van der Waals surface area contributed by atoms with Crippen molar-refractivity contribution in [3.63, 3.8) is 0 Å². The Bertz CT molecular complexity index is 629. The maximum absolute atomic E-state index is 13.2. The Balaban J connectivity index is 2.41. The first-order valence-corrected chi connectivity index (χ1v) is 7.08. The lowest BCUT2D eigenvalue weighted by Gasteiger charge is -2.30. The summed E-state index contributed by atoms with van der Waals surface area (Å²) in [6.45, 7) is 4.04. The average Bonchev–Trinajstić information content (AvgIpc) is 2.44. The Labute approximate surface area is 123 Å². The summed E-state index contributed by atoms with van der Waals surface area (Å²) in [5.74, 6) is -0.297. The second-order valence-corrected chi connectivity index (χ2v) is 5.57. The number of hydrogen-bond donors (Lipinski definition) is 3. The number of anilines is 2. The molecule has 0 amide bonds. The number of aliphatic hydroxyl groups is 1. The van der Waals surface area contributed by atoms with E-state index < -0.39 is 11.5 Å². The first-order chi connectivity index (χ1) is 9.97. The Morgan fingerprint density at radius 1 is 1.43 bits per heavy atom. The van der Waals surface area contributed by atoms with Gasteiger partial charge in [0.2, 0.25) is 5.95 Å². The van der Waals surface area contributed by atoms with Gasteiger partial charge >= 0.3 is 0 Å². The predicted molar refractivity (Wildman–Crippen MR) is 82.5 cm³/mol. The van der Waals surface area contributed by atoms with E-state index in [1.807, 2.05) is 6.92 Å². The molecule has 2 heterocycles. The molecule has 0 radical (unpaired) electrons. The molecular formula is C15H21FN4O. The highest BCUT2D eigenvalue weighted by Gasteiger charge is 2.23. The molecule has 0 aliphatic carbocycles. The summed E-state index contributed by atoms with van der Waals surface area (Å²) in [7, 11) is 0. The van der Waals surface area contributed by atoms with Gasteiger partial charge in [0.1, 0.15) is 5.82 Å². The molecule has 0 fully saturated rings. The number of nitrogens with zero attached hydrogens (tertiary/aromatic N) is 2. The van der Waals surface area contributed by atoms with Gasteiger partial charge in [-0.1, -0.05) is 19.8 Å². The molecule has 0 saturated carbocycles. The minimum absolute atomic E-state index is 0.00859. The van der Waals surface area contributed by atoms with Crippen LogP contribution in [0.5, 0.6) is 0 Å². The number of halogens is 1. The molecule has 114 valence electrons. The molecule has 0 aliphatic heterocycles. The van der Waals surface area contributed by atoms with Gasteiger partial charge in [0.25, 0.3) is 0 Å². The van der Waals surface area contributed by atoms with Gasteiger partial charge in [0.05, 0.1) is 17.7 Å². The van der Waals surface area contributed by atoms with E-state index in [1.165, 1.54) is 12.3 Å². The summed E-state index contributed by atoms with van der Waals surface area (Å²) in [6, 6.07) is 2.93. The molecule has 4 N–H and O–H groups in total. The molecule has 6 heteroatoms. The fraction of sp³-hybridized carbons (Fsp3) is 0.467. The average molecular weight is 292 g/mol. The first-order valence-electron chi connectivity index (χ1n) is 7.08. The molecule has 0 spiro atoms. The molecule has 2 aromatic heterocycles. The second-order valence-electron chi connectivity index (χ2n) is 5.57. The lowest BCUT2D eigenvalue weighted by molar-refractivity contribution is 0.212. The number of nitrogens with one attached hydrogen (secondary N) is 1. The van der Waals surface area contributed by atoms with Crippen LogP contribution in [0.3, 0.4) is 0 Å². The zero-order valence-corrected chi connectivity index (χ0v) is 12.4. The standard InChI is InChI=1S/C15H21FN4O/c1-3-4-5-15(2,9-21)20-12-7-14(17)19-11-6-13(16)18-8-10(11)12/h6-8,21H,3-5,9H2,1-2H3,(H3,17,19,20). The topological polar surface area (TPSA) is 84.1 Å². The van der Waals surface area contributed by atoms with E-state index in [-0.39, 0.29) is 6.61 Å². The number of aliphatic hydroxyl groups excluding tert-OH is 1. The van der Waals surface area contributed by atoms with Crippen LogP contribution in [0.1, 0.15) is 33.1 Å². The van der Waals surface area contributed by atoms with E-state index in [9.17, 15) is 9.50 Å². The third-order valence-electron chi connectivity index (χ3n) is 3.55. The van der Waals surface area contributed by atoms with Crippen LogP contribution in [0.2, 0.25) is 0 Å². The highest BCUT2D eigenvalue weighted by molar-refractivity contribution is 5.92. The highest BCUT2D eigenvalue weighted by atomic mass is 19.1. The number of fused-ring (bicyclic) bond motifs is 1. The number of rotatable bonds is 6. The van der Waals surface area contributed by atoms with E-state index in [0.29, 0.717) is 22.4 Å². The second kappa shape index (κ2) is 6.22. The summed E-state index contributed by atoms with van der Waals surface area (Å²) >= 11 is 0. The van der Waals surface area contributed by atoms with Crippen molar-refractivity contribution in [2.75, 3.05) is 17.7 Å². The smallest absolute Gasteiger partial charge is 0.215 e. The summed E-state index contributed by atoms with van der Waals surface area (Å²) in [6.07, 6.45) is 4.29. The maximum Gasteiger partial charge on any atom is 0.215 e. The van der Waals surface area contributed by atoms with Crippen LogP contribution in [-0.4, -0.2) is 27.2 Å². The van der Waals surface area contributed by atoms with E-state index in [1.54, 1.807) is 6.07 Å². The summed E-state index contributed by atoms with van der Waals surface area (Å²) in [5.41, 5.74) is 6.46. The van der Waals surface area contributed by atoms with E-state index in [2.05, 4.69) is 22.2 Å². The zero-order valence-electron chi connectivity index (χ0n) is 12.4. The van der Waals surface area contributed by atoms with Crippen LogP contribution < -0.4 is 11.1 Å². The Kier molecular flexibility index (Phi) is 4.57. The zero-order chi connectivity index (χ0) is 15.5. The SMILES string of the molecule is CCCCC(C)(CO)Nc1cc(N)nc2cc(F)ncc12. The molecule has 21 heavy (non-hydrogen) atoms. The molecule has 0 bridgehead atoms. The third-order valence-corrected chi connectivity index (χ3v) is 3.55. The number of nitrogens with two attached hydrogens (primary N) is 1. The maximum atomic E-state index is 13.2. The number of hydrogen-bond acceptors (Lipinski definition) is 5. The van der Waals surface area contributed by atoms with Crippen molar-refractivity contribution in [2.24, 2.45) is 0 Å². The van der Waals surface area contributed by atoms with Gasteiger partial charge in [-0.05, 0) is 13.3 Å². The van der Waals surface area contributed by atoms with Crippen LogP contribution in [0.4, 0.5) is 15.9 Å². The van der Waals surface area contributed by atoms with E-state index in [4.69, 9.17) is 5.73 Å². The molecule has 2 aromatic rings. The van der Waals surface area contributed by atoms with Gasteiger partial charge in [0.15, 0.2) is 0 Å². The van der Waals surface area contributed by atoms with Crippen molar-refractivity contribution >= 4 is 22.4 Å². The van der Waals surface area contributed by atoms with Gasteiger partial charge in [0, 0.05) is 29.4 Å². The molecule has 1 atom stereocenters. The molecule has 1 unspecified atom stereocenters. The van der Waals surface area contributed by atoms with Crippen LogP contribution in [0.15, 0.2) is 18.3 Å². The molecule has 0 saturated heterocycles. The Hall–Kier alpha value is -1.95. The van der Waals surface area contributed by atoms with Gasteiger partial charge in [-0.25, -0.2) is 9.97 Å². The van der Waals surface area contributed by atoms with Crippen molar-refractivity contribution in [3.05, 3.63) is 24.3 Å². The molecule has 0 aliphatic rings. The van der Waals surface area contributed by atoms with E-state index in [0.717, 1.165) is 19.3 Å². The van der Waals surface area contributed by atoms with Gasteiger partial charge < -0.3 is 16.2 Å². The Morgan fingerprint density at radius 3 is 2.86 bits per heavy atom. The fourth-order valence-electron chi connectivity index (χ4n) is 2.29. The van der Waals surface area contributed by atoms with Crippen molar-refractivity contribution in [2.45, 2.75) is 38.6 Å². The lowest BCUT2D eigenvalue weighted by Crippen LogP contribution is -2.38. The number of pyridine rings is 2. The van der Waals surface area contributed by atoms with Gasteiger partial charge in [-0.15, -0.1) is 0 Å². The molecule has 0 aromatic carbocycles. The number of aromatic nitrogens is 2. The minimum atomic E-state index is -0.595. The summed E-state index contributed by atoms with van der Waals surface area (Å²) in [4.78, 5) is 7.78. The number of nitrogen functional groups attached to an aromatic ring is 1. The molecular weight excluding hydrogens is 271 g/mol. The van der Waals surface area contributed by atoms with Gasteiger partial charge in [-0.2, -0.15) is 4.39 Å². The van der Waals surface area contributed by atoms with Crippen molar-refractivity contribution in [1.82, 2.24) is 9.97 Å². The van der Waals surface area contributed by atoms with Crippen LogP contribution in [0, 0.1) is 5.95 Å². The molecule has 5 nitrogen and oxygen atoms in total. The van der Waals surface area contributed by atoms with Crippen LogP contribution in [-0.2, 0) is 0 Å². The first kappa shape index (κ1) is 15.4. The van der Waals surface area contributed by atoms with Crippen LogP contribution >= 0.6 is 0 Å². The normalized spacial score (nSPS) is 14.1. The largest absolute Gasteiger partial charge is 0.394 e. The van der Waals surface area contributed by atoms with Crippen molar-refractivity contribution in [3.8, 4) is 0 Å². The van der Waals surface area contributed by atoms with Crippen LogP contribution in [0.25, 0.3) is 10.9 Å². The predicted octanol–water partition coefficient (Wildman–Crippen LogP) is 2.70. The Morgan fingerprint density at radius 2 is 2.19 bits per heavy atom. The third kappa shape index (κ3) is 3.58. The summed E-state index contributed by atoms with van der Waals surface area (Å²) in [5, 5.41) is 13.7. The number of unbranched alkanes of at least 4 members (excludes halogenated alkanes) is 1. The van der Waals surface area contributed by atoms with Gasteiger partial charge in [-0.3, -0.25) is 0 Å².